The molecule has 116 valence electrons. The first kappa shape index (κ1) is 16.8. The third kappa shape index (κ3) is 3.23. The van der Waals surface area contributed by atoms with Gasteiger partial charge in [0.1, 0.15) is 5.54 Å². The maximum atomic E-state index is 12.2. The van der Waals surface area contributed by atoms with Gasteiger partial charge in [-0.15, -0.1) is 0 Å². The zero-order chi connectivity index (χ0) is 15.6. The summed E-state index contributed by atoms with van der Waals surface area (Å²) in [5.41, 5.74) is -1.17. The number of carbonyl (C=O) groups excluding carboxylic acids is 1. The van der Waals surface area contributed by atoms with Gasteiger partial charge < -0.3 is 20.2 Å². The van der Waals surface area contributed by atoms with E-state index < -0.39 is 11.5 Å². The van der Waals surface area contributed by atoms with E-state index in [9.17, 15) is 14.7 Å². The van der Waals surface area contributed by atoms with Gasteiger partial charge in [-0.2, -0.15) is 0 Å². The van der Waals surface area contributed by atoms with E-state index in [1.807, 2.05) is 14.1 Å². The molecule has 0 heterocycles. The molecule has 1 saturated carbocycles. The van der Waals surface area contributed by atoms with Gasteiger partial charge in [0.2, 0.25) is 0 Å². The number of rotatable bonds is 6. The lowest BCUT2D eigenvalue weighted by Gasteiger charge is -2.49. The fourth-order valence-corrected chi connectivity index (χ4v) is 2.47. The van der Waals surface area contributed by atoms with Crippen LogP contribution in [0.5, 0.6) is 0 Å². The number of amides is 2. The van der Waals surface area contributed by atoms with Crippen molar-refractivity contribution >= 4 is 12.0 Å². The minimum atomic E-state index is -1.21. The summed E-state index contributed by atoms with van der Waals surface area (Å²) >= 11 is 0. The van der Waals surface area contributed by atoms with Crippen LogP contribution in [0, 0.1) is 0 Å². The van der Waals surface area contributed by atoms with Crippen LogP contribution in [0.25, 0.3) is 0 Å². The van der Waals surface area contributed by atoms with Crippen LogP contribution >= 0.6 is 0 Å². The van der Waals surface area contributed by atoms with Crippen molar-refractivity contribution in [2.45, 2.75) is 50.6 Å². The van der Waals surface area contributed by atoms with Crippen LogP contribution in [0.15, 0.2) is 0 Å². The Morgan fingerprint density at radius 2 is 1.85 bits per heavy atom. The fraction of sp³-hybridized carbons (Fsp3) is 0.857. The van der Waals surface area contributed by atoms with E-state index in [4.69, 9.17) is 0 Å². The van der Waals surface area contributed by atoms with Crippen molar-refractivity contribution in [3.05, 3.63) is 0 Å². The van der Waals surface area contributed by atoms with Gasteiger partial charge >= 0.3 is 12.0 Å². The molecule has 0 bridgehead atoms. The van der Waals surface area contributed by atoms with Crippen molar-refractivity contribution in [3.8, 4) is 0 Å². The molecular weight excluding hydrogens is 258 g/mol. The zero-order valence-electron chi connectivity index (χ0n) is 13.2. The Hall–Kier alpha value is -1.30. The van der Waals surface area contributed by atoms with Crippen molar-refractivity contribution in [1.29, 1.82) is 0 Å². The number of aliphatic carboxylic acids is 1. The largest absolute Gasteiger partial charge is 0.480 e. The Morgan fingerprint density at radius 3 is 2.15 bits per heavy atom. The SMILES string of the molecule is CCC(C)(NC(=O)N(C)CC1(N(C)C)CCC1)C(=O)O. The van der Waals surface area contributed by atoms with E-state index in [0.29, 0.717) is 13.0 Å². The van der Waals surface area contributed by atoms with Crippen LogP contribution in [-0.2, 0) is 4.79 Å². The van der Waals surface area contributed by atoms with Crippen LogP contribution in [0.4, 0.5) is 4.79 Å². The highest BCUT2D eigenvalue weighted by molar-refractivity contribution is 5.85. The Morgan fingerprint density at radius 1 is 1.30 bits per heavy atom. The number of hydrogen-bond acceptors (Lipinski definition) is 3. The molecule has 1 rings (SSSR count). The zero-order valence-corrected chi connectivity index (χ0v) is 13.2. The minimum absolute atomic E-state index is 0.0396. The molecule has 1 aliphatic rings. The molecule has 0 aromatic rings. The summed E-state index contributed by atoms with van der Waals surface area (Å²) in [5, 5.41) is 11.8. The predicted octanol–water partition coefficient (Wildman–Crippen LogP) is 1.37. The minimum Gasteiger partial charge on any atom is -0.480 e. The molecule has 1 atom stereocenters. The molecule has 6 nitrogen and oxygen atoms in total. The van der Waals surface area contributed by atoms with Crippen LogP contribution in [-0.4, -0.2) is 65.7 Å². The van der Waals surface area contributed by atoms with Crippen LogP contribution in [0.2, 0.25) is 0 Å². The number of carbonyl (C=O) groups is 2. The van der Waals surface area contributed by atoms with Gasteiger partial charge in [0.25, 0.3) is 0 Å². The molecule has 0 radical (unpaired) electrons. The van der Waals surface area contributed by atoms with Crippen LogP contribution < -0.4 is 5.32 Å². The molecule has 0 spiro atoms. The first-order valence-corrected chi connectivity index (χ1v) is 7.11. The number of hydrogen-bond donors (Lipinski definition) is 2. The lowest BCUT2D eigenvalue weighted by molar-refractivity contribution is -0.143. The standard InChI is InChI=1S/C14H27N3O3/c1-6-13(2,11(18)19)15-12(20)17(5)10-14(16(3)4)8-7-9-14/h6-10H2,1-5H3,(H,15,20)(H,18,19). The highest BCUT2D eigenvalue weighted by atomic mass is 16.4. The summed E-state index contributed by atoms with van der Waals surface area (Å²) in [4.78, 5) is 27.2. The van der Waals surface area contributed by atoms with Gasteiger partial charge in [0.05, 0.1) is 0 Å². The Kier molecular flexibility index (Phi) is 5.02. The van der Waals surface area contributed by atoms with Gasteiger partial charge in [-0.25, -0.2) is 9.59 Å². The maximum absolute atomic E-state index is 12.2. The van der Waals surface area contributed by atoms with Gasteiger partial charge in [0, 0.05) is 19.1 Å². The third-order valence-corrected chi connectivity index (χ3v) is 4.67. The molecule has 20 heavy (non-hydrogen) atoms. The molecule has 6 heteroatoms. The van der Waals surface area contributed by atoms with Crippen molar-refractivity contribution in [1.82, 2.24) is 15.1 Å². The van der Waals surface area contributed by atoms with Crippen molar-refractivity contribution < 1.29 is 14.7 Å². The van der Waals surface area contributed by atoms with E-state index >= 15 is 0 Å². The number of carboxylic acid groups (broad SMARTS) is 1. The third-order valence-electron chi connectivity index (χ3n) is 4.67. The van der Waals surface area contributed by atoms with E-state index in [2.05, 4.69) is 10.2 Å². The molecule has 0 aromatic carbocycles. The highest BCUT2D eigenvalue weighted by Gasteiger charge is 2.41. The predicted molar refractivity (Wildman–Crippen MR) is 77.8 cm³/mol. The summed E-state index contributed by atoms with van der Waals surface area (Å²) in [6.07, 6.45) is 3.67. The number of carboxylic acids is 1. The Balaban J connectivity index is 2.66. The van der Waals surface area contributed by atoms with Crippen molar-refractivity contribution in [2.75, 3.05) is 27.7 Å². The van der Waals surface area contributed by atoms with Gasteiger partial charge in [-0.05, 0) is 46.7 Å². The summed E-state index contributed by atoms with van der Waals surface area (Å²) in [6, 6.07) is -0.329. The van der Waals surface area contributed by atoms with Gasteiger partial charge in [0.15, 0.2) is 0 Å². The molecule has 0 saturated heterocycles. The Bertz CT molecular complexity index is 380. The van der Waals surface area contributed by atoms with E-state index in [1.54, 1.807) is 18.9 Å². The molecule has 2 amide bonds. The second-order valence-electron chi connectivity index (χ2n) is 6.25. The fourth-order valence-electron chi connectivity index (χ4n) is 2.47. The summed E-state index contributed by atoms with van der Waals surface area (Å²) in [6.45, 7) is 3.90. The number of nitrogens with one attached hydrogen (secondary N) is 1. The van der Waals surface area contributed by atoms with Crippen LogP contribution in [0.1, 0.15) is 39.5 Å². The lowest BCUT2D eigenvalue weighted by Crippen LogP contribution is -2.61. The van der Waals surface area contributed by atoms with E-state index in [1.165, 1.54) is 13.3 Å². The molecule has 2 N–H and O–H groups in total. The maximum Gasteiger partial charge on any atom is 0.329 e. The Labute approximate surface area is 121 Å². The summed E-state index contributed by atoms with van der Waals surface area (Å²) < 4.78 is 0. The first-order chi connectivity index (χ1) is 9.17. The summed E-state index contributed by atoms with van der Waals surface area (Å²) in [7, 11) is 5.77. The van der Waals surface area contributed by atoms with Crippen LogP contribution in [0.3, 0.4) is 0 Å². The van der Waals surface area contributed by atoms with Gasteiger partial charge in [-0.1, -0.05) is 6.92 Å². The van der Waals surface area contributed by atoms with E-state index in [0.717, 1.165) is 12.8 Å². The highest BCUT2D eigenvalue weighted by Crippen LogP contribution is 2.36. The molecule has 1 fully saturated rings. The quantitative estimate of drug-likeness (QED) is 0.773. The van der Waals surface area contributed by atoms with E-state index in [-0.39, 0.29) is 11.6 Å². The molecule has 1 unspecified atom stereocenters. The average molecular weight is 285 g/mol. The lowest BCUT2D eigenvalue weighted by atomic mass is 9.75. The number of likely N-dealkylation sites (N-methyl/N-ethyl adjacent to an activating group) is 2. The molecule has 0 aromatic heterocycles. The summed E-state index contributed by atoms with van der Waals surface area (Å²) in [5.74, 6) is -1.01. The number of urea groups is 1. The second-order valence-corrected chi connectivity index (χ2v) is 6.25. The number of nitrogens with zero attached hydrogens (tertiary/aromatic N) is 2. The first-order valence-electron chi connectivity index (χ1n) is 7.11. The smallest absolute Gasteiger partial charge is 0.329 e. The van der Waals surface area contributed by atoms with Crippen molar-refractivity contribution in [2.24, 2.45) is 0 Å². The topological polar surface area (TPSA) is 72.9 Å². The van der Waals surface area contributed by atoms with Crippen molar-refractivity contribution in [3.63, 3.8) is 0 Å². The monoisotopic (exact) mass is 285 g/mol. The second kappa shape index (κ2) is 5.99. The molecule has 0 aliphatic heterocycles. The normalized spacial score (nSPS) is 19.9. The molecule has 1 aliphatic carbocycles. The molecular formula is C14H27N3O3. The van der Waals surface area contributed by atoms with Gasteiger partial charge in [-0.3, -0.25) is 0 Å². The average Bonchev–Trinajstić information content (AvgIpc) is 2.32.